The summed E-state index contributed by atoms with van der Waals surface area (Å²) in [6.07, 6.45) is 4.98. The lowest BCUT2D eigenvalue weighted by atomic mass is 10.2. The Morgan fingerprint density at radius 2 is 2.14 bits per heavy atom. The number of hydrogen-bond donors (Lipinski definition) is 1. The van der Waals surface area contributed by atoms with E-state index in [2.05, 4.69) is 39.3 Å². The molecule has 3 heterocycles. The number of nitrogens with zero attached hydrogens (tertiary/aromatic N) is 4. The van der Waals surface area contributed by atoms with Gasteiger partial charge in [0, 0.05) is 30.5 Å². The van der Waals surface area contributed by atoms with Crippen LogP contribution in [0.3, 0.4) is 0 Å². The van der Waals surface area contributed by atoms with Gasteiger partial charge >= 0.3 is 0 Å². The van der Waals surface area contributed by atoms with Crippen LogP contribution in [-0.4, -0.2) is 25.9 Å². The van der Waals surface area contributed by atoms with E-state index in [9.17, 15) is 0 Å². The summed E-state index contributed by atoms with van der Waals surface area (Å²) in [6, 6.07) is 8.25. The fraction of sp³-hybridized carbons (Fsp3) is 0.375. The molecule has 0 atom stereocenters. The van der Waals surface area contributed by atoms with Crippen molar-refractivity contribution in [2.24, 2.45) is 0 Å². The SMILES string of the molecule is Cc1cc(C)n(CCCNCc2cnn3ccccc23)n1. The fourth-order valence-electron chi connectivity index (χ4n) is 2.60. The highest BCUT2D eigenvalue weighted by Crippen LogP contribution is 2.09. The zero-order valence-electron chi connectivity index (χ0n) is 12.6. The molecule has 0 fully saturated rings. The molecule has 1 N–H and O–H groups in total. The van der Waals surface area contributed by atoms with Crippen molar-refractivity contribution in [2.45, 2.75) is 33.4 Å². The van der Waals surface area contributed by atoms with Gasteiger partial charge in [0.2, 0.25) is 0 Å². The first-order chi connectivity index (χ1) is 10.2. The van der Waals surface area contributed by atoms with Crippen LogP contribution in [0.15, 0.2) is 36.7 Å². The zero-order chi connectivity index (χ0) is 14.7. The highest BCUT2D eigenvalue weighted by Gasteiger charge is 2.03. The molecule has 21 heavy (non-hydrogen) atoms. The number of aromatic nitrogens is 4. The van der Waals surface area contributed by atoms with E-state index < -0.39 is 0 Å². The minimum Gasteiger partial charge on any atom is -0.312 e. The van der Waals surface area contributed by atoms with Crippen LogP contribution in [0.2, 0.25) is 0 Å². The van der Waals surface area contributed by atoms with Gasteiger partial charge in [0.05, 0.1) is 17.4 Å². The molecule has 0 saturated carbocycles. The van der Waals surface area contributed by atoms with Crippen molar-refractivity contribution in [3.8, 4) is 0 Å². The smallest absolute Gasteiger partial charge is 0.0706 e. The summed E-state index contributed by atoms with van der Waals surface area (Å²) >= 11 is 0. The van der Waals surface area contributed by atoms with Gasteiger partial charge in [-0.25, -0.2) is 4.52 Å². The van der Waals surface area contributed by atoms with Crippen molar-refractivity contribution >= 4 is 5.52 Å². The molecule has 5 nitrogen and oxygen atoms in total. The molecule has 0 aliphatic rings. The molecule has 0 aromatic carbocycles. The lowest BCUT2D eigenvalue weighted by molar-refractivity contribution is 0.532. The van der Waals surface area contributed by atoms with Crippen LogP contribution in [-0.2, 0) is 13.1 Å². The van der Waals surface area contributed by atoms with Gasteiger partial charge in [0.15, 0.2) is 0 Å². The number of hydrogen-bond acceptors (Lipinski definition) is 3. The largest absolute Gasteiger partial charge is 0.312 e. The van der Waals surface area contributed by atoms with Gasteiger partial charge in [0.25, 0.3) is 0 Å². The van der Waals surface area contributed by atoms with Crippen molar-refractivity contribution in [1.82, 2.24) is 24.7 Å². The van der Waals surface area contributed by atoms with Crippen LogP contribution in [0, 0.1) is 13.8 Å². The number of pyridine rings is 1. The Kier molecular flexibility index (Phi) is 4.01. The first kappa shape index (κ1) is 13.8. The van der Waals surface area contributed by atoms with Crippen LogP contribution in [0.1, 0.15) is 23.4 Å². The second kappa shape index (κ2) is 6.10. The van der Waals surface area contributed by atoms with Crippen LogP contribution >= 0.6 is 0 Å². The summed E-state index contributed by atoms with van der Waals surface area (Å²) in [5.41, 5.74) is 4.73. The van der Waals surface area contributed by atoms with E-state index in [1.165, 1.54) is 16.8 Å². The first-order valence-corrected chi connectivity index (χ1v) is 7.37. The average molecular weight is 283 g/mol. The zero-order valence-corrected chi connectivity index (χ0v) is 12.6. The molecule has 3 rings (SSSR count). The summed E-state index contributed by atoms with van der Waals surface area (Å²) in [7, 11) is 0. The standard InChI is InChI=1S/C16H21N5/c1-13-10-14(2)20(19-13)9-5-7-17-11-15-12-18-21-8-4-3-6-16(15)21/h3-4,6,8,10,12,17H,5,7,9,11H2,1-2H3. The Labute approximate surface area is 124 Å². The second-order valence-electron chi connectivity index (χ2n) is 5.38. The van der Waals surface area contributed by atoms with Gasteiger partial charge in [0.1, 0.15) is 0 Å². The topological polar surface area (TPSA) is 47.2 Å². The molecule has 0 saturated heterocycles. The van der Waals surface area contributed by atoms with Gasteiger partial charge in [-0.2, -0.15) is 10.2 Å². The number of nitrogens with one attached hydrogen (secondary N) is 1. The lowest BCUT2D eigenvalue weighted by Crippen LogP contribution is -2.17. The molecule has 0 amide bonds. The second-order valence-corrected chi connectivity index (χ2v) is 5.38. The Balaban J connectivity index is 1.47. The number of fused-ring (bicyclic) bond motifs is 1. The highest BCUT2D eigenvalue weighted by molar-refractivity contribution is 5.53. The Morgan fingerprint density at radius 3 is 2.95 bits per heavy atom. The minimum absolute atomic E-state index is 0.852. The van der Waals surface area contributed by atoms with E-state index >= 15 is 0 Å². The van der Waals surface area contributed by atoms with Crippen LogP contribution in [0.5, 0.6) is 0 Å². The Morgan fingerprint density at radius 1 is 1.24 bits per heavy atom. The highest BCUT2D eigenvalue weighted by atomic mass is 15.3. The molecule has 0 unspecified atom stereocenters. The van der Waals surface area contributed by atoms with E-state index in [0.29, 0.717) is 0 Å². The van der Waals surface area contributed by atoms with E-state index in [1.807, 2.05) is 36.0 Å². The van der Waals surface area contributed by atoms with E-state index in [0.717, 1.165) is 31.7 Å². The number of rotatable bonds is 6. The van der Waals surface area contributed by atoms with Crippen molar-refractivity contribution < 1.29 is 0 Å². The minimum atomic E-state index is 0.852. The predicted octanol–water partition coefficient (Wildman–Crippen LogP) is 2.33. The maximum Gasteiger partial charge on any atom is 0.0706 e. The lowest BCUT2D eigenvalue weighted by Gasteiger charge is -2.06. The normalized spacial score (nSPS) is 11.3. The predicted molar refractivity (Wildman–Crippen MR) is 83.2 cm³/mol. The van der Waals surface area contributed by atoms with Crippen molar-refractivity contribution in [2.75, 3.05) is 6.54 Å². The molecule has 3 aromatic heterocycles. The third-order valence-electron chi connectivity index (χ3n) is 3.65. The van der Waals surface area contributed by atoms with Gasteiger partial charge in [-0.1, -0.05) is 6.07 Å². The molecule has 0 aliphatic carbocycles. The van der Waals surface area contributed by atoms with Gasteiger partial charge in [-0.15, -0.1) is 0 Å². The molecule has 3 aromatic rings. The Hall–Kier alpha value is -2.14. The van der Waals surface area contributed by atoms with Crippen molar-refractivity contribution in [3.63, 3.8) is 0 Å². The molecular weight excluding hydrogens is 262 g/mol. The molecule has 110 valence electrons. The van der Waals surface area contributed by atoms with Crippen LogP contribution in [0.4, 0.5) is 0 Å². The van der Waals surface area contributed by atoms with Crippen molar-refractivity contribution in [3.05, 3.63) is 53.6 Å². The molecule has 0 radical (unpaired) electrons. The molecule has 5 heteroatoms. The fourth-order valence-corrected chi connectivity index (χ4v) is 2.60. The van der Waals surface area contributed by atoms with Gasteiger partial charge < -0.3 is 5.32 Å². The monoisotopic (exact) mass is 283 g/mol. The third kappa shape index (κ3) is 3.13. The third-order valence-corrected chi connectivity index (χ3v) is 3.65. The molecular formula is C16H21N5. The quantitative estimate of drug-likeness (QED) is 0.706. The molecule has 0 spiro atoms. The Bertz CT molecular complexity index is 725. The molecule has 0 aliphatic heterocycles. The number of aryl methyl sites for hydroxylation is 3. The van der Waals surface area contributed by atoms with E-state index in [1.54, 1.807) is 0 Å². The van der Waals surface area contributed by atoms with Gasteiger partial charge in [-0.05, 0) is 45.0 Å². The van der Waals surface area contributed by atoms with Crippen LogP contribution in [0.25, 0.3) is 5.52 Å². The van der Waals surface area contributed by atoms with Crippen molar-refractivity contribution in [1.29, 1.82) is 0 Å². The average Bonchev–Trinajstić information content (AvgIpc) is 3.02. The maximum absolute atomic E-state index is 4.47. The summed E-state index contributed by atoms with van der Waals surface area (Å²) in [5, 5.41) is 12.3. The first-order valence-electron chi connectivity index (χ1n) is 7.37. The van der Waals surface area contributed by atoms with Crippen LogP contribution < -0.4 is 5.32 Å². The van der Waals surface area contributed by atoms with E-state index in [-0.39, 0.29) is 0 Å². The van der Waals surface area contributed by atoms with E-state index in [4.69, 9.17) is 0 Å². The molecule has 0 bridgehead atoms. The summed E-state index contributed by atoms with van der Waals surface area (Å²) in [6.45, 7) is 6.92. The van der Waals surface area contributed by atoms with Gasteiger partial charge in [-0.3, -0.25) is 4.68 Å². The summed E-state index contributed by atoms with van der Waals surface area (Å²) < 4.78 is 3.99. The maximum atomic E-state index is 4.47. The summed E-state index contributed by atoms with van der Waals surface area (Å²) in [5.74, 6) is 0. The summed E-state index contributed by atoms with van der Waals surface area (Å²) in [4.78, 5) is 0.